The van der Waals surface area contributed by atoms with E-state index in [0.717, 1.165) is 22.6 Å². The zero-order chi connectivity index (χ0) is 14.7. The predicted molar refractivity (Wildman–Crippen MR) is 76.4 cm³/mol. The molecule has 2 rings (SSSR count). The molecule has 0 saturated carbocycles. The van der Waals surface area contributed by atoms with Gasteiger partial charge >= 0.3 is 0 Å². The molecular formula is C16H20O4. The number of rotatable bonds is 5. The quantitative estimate of drug-likeness (QED) is 0.911. The molecule has 1 N–H and O–H groups in total. The number of furan rings is 1. The number of benzene rings is 1. The van der Waals surface area contributed by atoms with E-state index in [1.165, 1.54) is 0 Å². The van der Waals surface area contributed by atoms with Crippen molar-refractivity contribution in [2.45, 2.75) is 26.4 Å². The largest absolute Gasteiger partial charge is 0.493 e. The molecule has 0 aliphatic carbocycles. The third-order valence-corrected chi connectivity index (χ3v) is 3.32. The van der Waals surface area contributed by atoms with E-state index in [4.69, 9.17) is 13.9 Å². The molecule has 1 atom stereocenters. The van der Waals surface area contributed by atoms with Crippen LogP contribution in [0, 0.1) is 13.8 Å². The molecule has 0 radical (unpaired) electrons. The van der Waals surface area contributed by atoms with E-state index < -0.39 is 6.10 Å². The Morgan fingerprint density at radius 3 is 2.35 bits per heavy atom. The zero-order valence-electron chi connectivity index (χ0n) is 12.3. The minimum atomic E-state index is -0.592. The molecule has 4 nitrogen and oxygen atoms in total. The first-order chi connectivity index (χ1) is 9.55. The van der Waals surface area contributed by atoms with Gasteiger partial charge in [0.1, 0.15) is 11.5 Å². The molecule has 4 heteroatoms. The SMILES string of the molecule is COc1ccc(CC(O)c2cc(C)oc2C)cc1OC. The normalized spacial score (nSPS) is 12.2. The first-order valence-electron chi connectivity index (χ1n) is 6.51. The molecule has 1 heterocycles. The van der Waals surface area contributed by atoms with E-state index in [1.54, 1.807) is 14.2 Å². The molecule has 0 bridgehead atoms. The van der Waals surface area contributed by atoms with E-state index in [-0.39, 0.29) is 0 Å². The maximum Gasteiger partial charge on any atom is 0.160 e. The van der Waals surface area contributed by atoms with Gasteiger partial charge in [-0.1, -0.05) is 6.07 Å². The molecule has 0 amide bonds. The van der Waals surface area contributed by atoms with Crippen molar-refractivity contribution in [3.05, 3.63) is 46.9 Å². The summed E-state index contributed by atoms with van der Waals surface area (Å²) in [5, 5.41) is 10.3. The summed E-state index contributed by atoms with van der Waals surface area (Å²) < 4.78 is 15.9. The molecule has 108 valence electrons. The van der Waals surface area contributed by atoms with Crippen LogP contribution in [-0.2, 0) is 6.42 Å². The van der Waals surface area contributed by atoms with Crippen LogP contribution in [0.2, 0.25) is 0 Å². The van der Waals surface area contributed by atoms with Crippen molar-refractivity contribution >= 4 is 0 Å². The summed E-state index contributed by atoms with van der Waals surface area (Å²) in [6.45, 7) is 3.74. The fraction of sp³-hybridized carbons (Fsp3) is 0.375. The first kappa shape index (κ1) is 14.5. The van der Waals surface area contributed by atoms with Crippen LogP contribution in [0.5, 0.6) is 11.5 Å². The van der Waals surface area contributed by atoms with E-state index in [0.29, 0.717) is 17.9 Å². The molecule has 2 aromatic rings. The van der Waals surface area contributed by atoms with Crippen molar-refractivity contribution in [3.63, 3.8) is 0 Å². The molecular weight excluding hydrogens is 256 g/mol. The summed E-state index contributed by atoms with van der Waals surface area (Å²) in [4.78, 5) is 0. The fourth-order valence-corrected chi connectivity index (χ4v) is 2.32. The third-order valence-electron chi connectivity index (χ3n) is 3.32. The lowest BCUT2D eigenvalue weighted by atomic mass is 10.0. The van der Waals surface area contributed by atoms with Crippen molar-refractivity contribution < 1.29 is 19.0 Å². The molecule has 0 aliphatic heterocycles. The number of aliphatic hydroxyl groups excluding tert-OH is 1. The molecule has 0 saturated heterocycles. The Labute approximate surface area is 118 Å². The van der Waals surface area contributed by atoms with Crippen LogP contribution >= 0.6 is 0 Å². The van der Waals surface area contributed by atoms with Crippen LogP contribution in [0.3, 0.4) is 0 Å². The highest BCUT2D eigenvalue weighted by molar-refractivity contribution is 5.43. The number of aliphatic hydroxyl groups is 1. The van der Waals surface area contributed by atoms with E-state index >= 15 is 0 Å². The highest BCUT2D eigenvalue weighted by Crippen LogP contribution is 2.30. The molecule has 0 spiro atoms. The van der Waals surface area contributed by atoms with Gasteiger partial charge in [-0.15, -0.1) is 0 Å². The van der Waals surface area contributed by atoms with Gasteiger partial charge < -0.3 is 19.0 Å². The number of aryl methyl sites for hydroxylation is 2. The van der Waals surface area contributed by atoms with E-state index in [2.05, 4.69) is 0 Å². The second-order valence-corrected chi connectivity index (χ2v) is 4.78. The Balaban J connectivity index is 2.19. The number of hydrogen-bond acceptors (Lipinski definition) is 4. The minimum Gasteiger partial charge on any atom is -0.493 e. The lowest BCUT2D eigenvalue weighted by Crippen LogP contribution is -2.02. The molecule has 1 aromatic carbocycles. The number of ether oxygens (including phenoxy) is 2. The van der Waals surface area contributed by atoms with Crippen LogP contribution in [-0.4, -0.2) is 19.3 Å². The van der Waals surface area contributed by atoms with Crippen LogP contribution in [0.15, 0.2) is 28.7 Å². The van der Waals surface area contributed by atoms with Crippen LogP contribution in [0.25, 0.3) is 0 Å². The van der Waals surface area contributed by atoms with Gasteiger partial charge in [0.15, 0.2) is 11.5 Å². The van der Waals surface area contributed by atoms with Crippen LogP contribution in [0.1, 0.15) is 28.8 Å². The van der Waals surface area contributed by atoms with Crippen LogP contribution < -0.4 is 9.47 Å². The summed E-state index contributed by atoms with van der Waals surface area (Å²) in [6, 6.07) is 7.52. The van der Waals surface area contributed by atoms with Gasteiger partial charge in [-0.05, 0) is 37.6 Å². The average Bonchev–Trinajstić information content (AvgIpc) is 2.77. The molecule has 20 heavy (non-hydrogen) atoms. The van der Waals surface area contributed by atoms with Gasteiger partial charge in [0.2, 0.25) is 0 Å². The molecule has 0 aliphatic rings. The van der Waals surface area contributed by atoms with Crippen LogP contribution in [0.4, 0.5) is 0 Å². The monoisotopic (exact) mass is 276 g/mol. The standard InChI is InChI=1S/C16H20O4/c1-10-7-13(11(2)20-10)14(17)8-12-5-6-15(18-3)16(9-12)19-4/h5-7,9,14,17H,8H2,1-4H3. The smallest absolute Gasteiger partial charge is 0.160 e. The first-order valence-corrected chi connectivity index (χ1v) is 6.51. The van der Waals surface area contributed by atoms with Crippen molar-refractivity contribution in [1.82, 2.24) is 0 Å². The fourth-order valence-electron chi connectivity index (χ4n) is 2.32. The summed E-state index contributed by atoms with van der Waals surface area (Å²) in [5.74, 6) is 2.91. The Morgan fingerprint density at radius 1 is 1.10 bits per heavy atom. The summed E-state index contributed by atoms with van der Waals surface area (Å²) in [6.07, 6.45) is -0.0919. The van der Waals surface area contributed by atoms with E-state index in [9.17, 15) is 5.11 Å². The minimum absolute atomic E-state index is 0.500. The van der Waals surface area contributed by atoms with Gasteiger partial charge in [0.05, 0.1) is 20.3 Å². The van der Waals surface area contributed by atoms with Gasteiger partial charge in [0.25, 0.3) is 0 Å². The Kier molecular flexibility index (Phi) is 4.35. The second kappa shape index (κ2) is 6.01. The highest BCUT2D eigenvalue weighted by atomic mass is 16.5. The number of hydrogen-bond donors (Lipinski definition) is 1. The lowest BCUT2D eigenvalue weighted by molar-refractivity contribution is 0.176. The Morgan fingerprint density at radius 2 is 1.80 bits per heavy atom. The lowest BCUT2D eigenvalue weighted by Gasteiger charge is -2.12. The summed E-state index contributed by atoms with van der Waals surface area (Å²) >= 11 is 0. The van der Waals surface area contributed by atoms with Gasteiger partial charge in [-0.3, -0.25) is 0 Å². The predicted octanol–water partition coefficient (Wildman–Crippen LogP) is 3.19. The van der Waals surface area contributed by atoms with Crippen molar-refractivity contribution in [2.75, 3.05) is 14.2 Å². The summed E-state index contributed by atoms with van der Waals surface area (Å²) in [5.41, 5.74) is 1.81. The van der Waals surface area contributed by atoms with Crippen molar-refractivity contribution in [1.29, 1.82) is 0 Å². The topological polar surface area (TPSA) is 51.8 Å². The van der Waals surface area contributed by atoms with E-state index in [1.807, 2.05) is 38.1 Å². The molecule has 1 aromatic heterocycles. The second-order valence-electron chi connectivity index (χ2n) is 4.78. The van der Waals surface area contributed by atoms with Gasteiger partial charge in [0, 0.05) is 12.0 Å². The maximum absolute atomic E-state index is 10.3. The molecule has 0 fully saturated rings. The maximum atomic E-state index is 10.3. The Hall–Kier alpha value is -1.94. The molecule has 1 unspecified atom stereocenters. The van der Waals surface area contributed by atoms with Gasteiger partial charge in [-0.25, -0.2) is 0 Å². The Bertz CT molecular complexity index is 586. The van der Waals surface area contributed by atoms with Crippen molar-refractivity contribution in [3.8, 4) is 11.5 Å². The highest BCUT2D eigenvalue weighted by Gasteiger charge is 2.16. The summed E-state index contributed by atoms with van der Waals surface area (Å²) in [7, 11) is 3.20. The number of methoxy groups -OCH3 is 2. The zero-order valence-corrected chi connectivity index (χ0v) is 12.3. The average molecular weight is 276 g/mol. The van der Waals surface area contributed by atoms with Crippen molar-refractivity contribution in [2.24, 2.45) is 0 Å². The third kappa shape index (κ3) is 2.96. The van der Waals surface area contributed by atoms with Gasteiger partial charge in [-0.2, -0.15) is 0 Å².